The third kappa shape index (κ3) is 2.50. The molecule has 2 fully saturated rings. The van der Waals surface area contributed by atoms with Gasteiger partial charge in [-0.1, -0.05) is 34.0 Å². The van der Waals surface area contributed by atoms with E-state index in [2.05, 4.69) is 5.32 Å². The number of hydrogen-bond donors (Lipinski definition) is 2. The molecule has 1 unspecified atom stereocenters. The topological polar surface area (TPSA) is 52.6 Å². The zero-order chi connectivity index (χ0) is 13.6. The Balaban J connectivity index is 1.83. The summed E-state index contributed by atoms with van der Waals surface area (Å²) >= 11 is 11.5. The summed E-state index contributed by atoms with van der Waals surface area (Å²) in [4.78, 5) is 1.98. The van der Waals surface area contributed by atoms with Crippen molar-refractivity contribution in [3.05, 3.63) is 34.9 Å². The van der Waals surface area contributed by atoms with Gasteiger partial charge in [-0.2, -0.15) is 4.55 Å². The van der Waals surface area contributed by atoms with E-state index in [9.17, 15) is 8.76 Å². The first-order valence-electron chi connectivity index (χ1n) is 5.99. The number of fused-ring (bicyclic) bond motifs is 1. The van der Waals surface area contributed by atoms with Crippen LogP contribution in [0.1, 0.15) is 5.56 Å². The molecule has 19 heavy (non-hydrogen) atoms. The van der Waals surface area contributed by atoms with Crippen LogP contribution >= 0.6 is 23.8 Å². The van der Waals surface area contributed by atoms with Crippen LogP contribution in [0.3, 0.4) is 0 Å². The highest BCUT2D eigenvalue weighted by molar-refractivity contribution is 7.98. The summed E-state index contributed by atoms with van der Waals surface area (Å²) in [6.45, 7) is 0.572. The fourth-order valence-corrected chi connectivity index (χ4v) is 5.17. The SMILES string of the molecule is O=[S+]1(O)C[C@@H]2[C@@H](C1)NC(=S)N2Cc1ccccc1Cl. The Morgan fingerprint density at radius 3 is 2.95 bits per heavy atom. The summed E-state index contributed by atoms with van der Waals surface area (Å²) in [6.07, 6.45) is 0. The van der Waals surface area contributed by atoms with Crippen LogP contribution in [0, 0.1) is 0 Å². The number of thiocarbonyl (C=S) groups is 1. The minimum atomic E-state index is -2.71. The first-order valence-corrected chi connectivity index (χ1v) is 8.63. The van der Waals surface area contributed by atoms with E-state index in [1.54, 1.807) is 0 Å². The highest BCUT2D eigenvalue weighted by Gasteiger charge is 2.53. The van der Waals surface area contributed by atoms with Gasteiger partial charge in [-0.15, -0.1) is 0 Å². The van der Waals surface area contributed by atoms with Gasteiger partial charge in [0.15, 0.2) is 16.6 Å². The van der Waals surface area contributed by atoms with Gasteiger partial charge in [0.25, 0.3) is 0 Å². The molecule has 0 radical (unpaired) electrons. The monoisotopic (exact) mass is 317 g/mol. The van der Waals surface area contributed by atoms with Gasteiger partial charge < -0.3 is 10.2 Å². The van der Waals surface area contributed by atoms with E-state index in [0.29, 0.717) is 16.7 Å². The summed E-state index contributed by atoms with van der Waals surface area (Å²) in [5.74, 6) is 0.548. The molecule has 0 aromatic heterocycles. The number of hydrogen-bond acceptors (Lipinski definition) is 2. The van der Waals surface area contributed by atoms with Gasteiger partial charge in [0.2, 0.25) is 10.2 Å². The molecule has 7 heteroatoms. The van der Waals surface area contributed by atoms with E-state index in [1.165, 1.54) is 0 Å². The average molecular weight is 318 g/mol. The Bertz CT molecular complexity index is 581. The lowest BCUT2D eigenvalue weighted by molar-refractivity contribution is 0.348. The van der Waals surface area contributed by atoms with Crippen molar-refractivity contribution >= 4 is 39.1 Å². The summed E-state index contributed by atoms with van der Waals surface area (Å²) < 4.78 is 21.5. The number of rotatable bonds is 2. The highest BCUT2D eigenvalue weighted by atomic mass is 35.5. The van der Waals surface area contributed by atoms with Crippen LogP contribution in [0.2, 0.25) is 5.02 Å². The Kier molecular flexibility index (Phi) is 3.29. The lowest BCUT2D eigenvalue weighted by Gasteiger charge is -2.22. The molecular formula is C12H14ClN2O2S2+. The maximum atomic E-state index is 11.8. The molecule has 102 valence electrons. The smallest absolute Gasteiger partial charge is 0.218 e. The Morgan fingerprint density at radius 2 is 2.21 bits per heavy atom. The molecule has 1 aromatic carbocycles. The second-order valence-electron chi connectivity index (χ2n) is 4.95. The minimum absolute atomic E-state index is 0.0127. The molecule has 3 atom stereocenters. The molecule has 2 saturated heterocycles. The molecule has 2 aliphatic heterocycles. The van der Waals surface area contributed by atoms with Crippen molar-refractivity contribution < 1.29 is 8.76 Å². The van der Waals surface area contributed by atoms with Gasteiger partial charge in [0, 0.05) is 11.6 Å². The first-order chi connectivity index (χ1) is 8.96. The third-order valence-corrected chi connectivity index (χ3v) is 6.07. The van der Waals surface area contributed by atoms with Crippen molar-refractivity contribution in [2.75, 3.05) is 11.5 Å². The Hall–Kier alpha value is -0.690. The second-order valence-corrected chi connectivity index (χ2v) is 7.95. The molecular weight excluding hydrogens is 304 g/mol. The highest BCUT2D eigenvalue weighted by Crippen LogP contribution is 2.29. The molecule has 3 rings (SSSR count). The van der Waals surface area contributed by atoms with E-state index in [4.69, 9.17) is 23.8 Å². The number of benzene rings is 1. The van der Waals surface area contributed by atoms with Gasteiger partial charge in [-0.25, -0.2) is 0 Å². The zero-order valence-corrected chi connectivity index (χ0v) is 12.5. The van der Waals surface area contributed by atoms with Crippen molar-refractivity contribution in [2.45, 2.75) is 18.6 Å². The van der Waals surface area contributed by atoms with Crippen LogP contribution in [-0.2, 0) is 21.0 Å². The normalized spacial score (nSPS) is 33.4. The van der Waals surface area contributed by atoms with Crippen LogP contribution in [0.25, 0.3) is 0 Å². The predicted octanol–water partition coefficient (Wildman–Crippen LogP) is 1.75. The second kappa shape index (κ2) is 4.70. The van der Waals surface area contributed by atoms with Gasteiger partial charge in [-0.3, -0.25) is 0 Å². The van der Waals surface area contributed by atoms with Crippen molar-refractivity contribution in [2.24, 2.45) is 0 Å². The molecule has 2 N–H and O–H groups in total. The molecule has 2 aliphatic rings. The number of nitrogens with one attached hydrogen (secondary N) is 1. The van der Waals surface area contributed by atoms with Gasteiger partial charge in [0.05, 0.1) is 0 Å². The van der Waals surface area contributed by atoms with Crippen molar-refractivity contribution in [1.29, 1.82) is 0 Å². The van der Waals surface area contributed by atoms with Crippen LogP contribution < -0.4 is 5.32 Å². The predicted molar refractivity (Wildman–Crippen MR) is 80.7 cm³/mol. The van der Waals surface area contributed by atoms with Crippen molar-refractivity contribution in [3.63, 3.8) is 0 Å². The standard InChI is InChI=1S/C12H13ClN2O2S2/c13-9-4-2-1-3-8(9)5-15-11-7-19(16,17)6-10(11)14-12(15)18/h1-4,10-11H,5-7H2,(H-,14,16,17,18)/p+1/t10-,11-/m1/s1. The third-order valence-electron chi connectivity index (χ3n) is 3.60. The Labute approximate surface area is 123 Å². The molecule has 0 spiro atoms. The summed E-state index contributed by atoms with van der Waals surface area (Å²) in [6, 6.07) is 7.56. The number of nitrogens with zero attached hydrogens (tertiary/aromatic N) is 1. The fourth-order valence-electron chi connectivity index (χ4n) is 2.68. The summed E-state index contributed by atoms with van der Waals surface area (Å²) in [5.41, 5.74) is 0.977. The van der Waals surface area contributed by atoms with Gasteiger partial charge in [-0.05, 0) is 23.8 Å². The Morgan fingerprint density at radius 1 is 1.47 bits per heavy atom. The summed E-state index contributed by atoms with van der Waals surface area (Å²) in [5, 5.41) is 4.47. The van der Waals surface area contributed by atoms with E-state index in [1.807, 2.05) is 29.2 Å². The maximum absolute atomic E-state index is 11.8. The molecule has 0 aliphatic carbocycles. The maximum Gasteiger partial charge on any atom is 0.218 e. The van der Waals surface area contributed by atoms with Crippen molar-refractivity contribution in [3.8, 4) is 0 Å². The van der Waals surface area contributed by atoms with Gasteiger partial charge in [0.1, 0.15) is 12.1 Å². The first kappa shape index (κ1) is 13.3. The molecule has 2 heterocycles. The lowest BCUT2D eigenvalue weighted by atomic mass is 10.1. The molecule has 0 bridgehead atoms. The van der Waals surface area contributed by atoms with Gasteiger partial charge >= 0.3 is 0 Å². The number of halogens is 1. The van der Waals surface area contributed by atoms with Crippen LogP contribution in [0.5, 0.6) is 0 Å². The quantitative estimate of drug-likeness (QED) is 0.643. The lowest BCUT2D eigenvalue weighted by Crippen LogP contribution is -2.36. The molecule has 0 amide bonds. The van der Waals surface area contributed by atoms with E-state index < -0.39 is 10.2 Å². The fraction of sp³-hybridized carbons (Fsp3) is 0.417. The van der Waals surface area contributed by atoms with Crippen molar-refractivity contribution in [1.82, 2.24) is 10.2 Å². The zero-order valence-electron chi connectivity index (χ0n) is 10.1. The average Bonchev–Trinajstić information content (AvgIpc) is 2.75. The van der Waals surface area contributed by atoms with E-state index in [-0.39, 0.29) is 23.6 Å². The van der Waals surface area contributed by atoms with Crippen LogP contribution in [0.4, 0.5) is 0 Å². The minimum Gasteiger partial charge on any atom is -0.353 e. The van der Waals surface area contributed by atoms with Crippen LogP contribution in [-0.4, -0.2) is 38.2 Å². The largest absolute Gasteiger partial charge is 0.353 e. The van der Waals surface area contributed by atoms with E-state index >= 15 is 0 Å². The summed E-state index contributed by atoms with van der Waals surface area (Å²) in [7, 11) is -2.71. The van der Waals surface area contributed by atoms with Crippen LogP contribution in [0.15, 0.2) is 24.3 Å². The molecule has 1 aromatic rings. The van der Waals surface area contributed by atoms with E-state index in [0.717, 1.165) is 5.56 Å². The molecule has 4 nitrogen and oxygen atoms in total. The molecule has 0 saturated carbocycles.